The van der Waals surface area contributed by atoms with Gasteiger partial charge in [-0.15, -0.1) is 0 Å². The Morgan fingerprint density at radius 2 is 1.58 bits per heavy atom. The van der Waals surface area contributed by atoms with Crippen LogP contribution in [0.5, 0.6) is 0 Å². The van der Waals surface area contributed by atoms with Crippen LogP contribution in [0.1, 0.15) is 11.1 Å². The first-order valence-corrected chi connectivity index (χ1v) is 6.32. The number of benzene rings is 2. The highest BCUT2D eigenvalue weighted by atomic mass is 14.8. The largest absolute Gasteiger partial charge is 0.245 e. The number of rotatable bonds is 3. The van der Waals surface area contributed by atoms with Gasteiger partial charge in [0, 0.05) is 11.8 Å². The lowest BCUT2D eigenvalue weighted by atomic mass is 9.98. The van der Waals surface area contributed by atoms with Gasteiger partial charge < -0.3 is 0 Å². The zero-order valence-electron chi connectivity index (χ0n) is 10.5. The van der Waals surface area contributed by atoms with E-state index in [0.29, 0.717) is 0 Å². The highest BCUT2D eigenvalue weighted by Crippen LogP contribution is 2.23. The highest BCUT2D eigenvalue weighted by Gasteiger charge is 2.05. The van der Waals surface area contributed by atoms with Crippen LogP contribution in [0.25, 0.3) is 11.3 Å². The van der Waals surface area contributed by atoms with Crippen molar-refractivity contribution in [1.82, 2.24) is 9.97 Å². The van der Waals surface area contributed by atoms with Crippen molar-refractivity contribution in [2.24, 2.45) is 0 Å². The fourth-order valence-electron chi connectivity index (χ4n) is 2.19. The molecule has 2 heteroatoms. The van der Waals surface area contributed by atoms with Gasteiger partial charge >= 0.3 is 0 Å². The summed E-state index contributed by atoms with van der Waals surface area (Å²) in [6.45, 7) is 0. The SMILES string of the molecule is c1ccc(Cc2ccccc2-c2ccncn2)cc1. The quantitative estimate of drug-likeness (QED) is 0.703. The summed E-state index contributed by atoms with van der Waals surface area (Å²) < 4.78 is 0. The van der Waals surface area contributed by atoms with Crippen molar-refractivity contribution in [3.05, 3.63) is 84.3 Å². The molecule has 2 nitrogen and oxygen atoms in total. The Bertz CT molecular complexity index is 648. The van der Waals surface area contributed by atoms with Crippen molar-refractivity contribution in [2.75, 3.05) is 0 Å². The van der Waals surface area contributed by atoms with E-state index in [4.69, 9.17) is 0 Å². The van der Waals surface area contributed by atoms with Crippen molar-refractivity contribution in [2.45, 2.75) is 6.42 Å². The molecule has 0 atom stereocenters. The second-order valence-corrected chi connectivity index (χ2v) is 4.41. The van der Waals surface area contributed by atoms with Crippen LogP contribution in [0.15, 0.2) is 73.2 Å². The maximum atomic E-state index is 4.34. The molecule has 1 heterocycles. The molecule has 0 bridgehead atoms. The third-order valence-corrected chi connectivity index (χ3v) is 3.11. The third kappa shape index (κ3) is 2.68. The maximum absolute atomic E-state index is 4.34. The van der Waals surface area contributed by atoms with Gasteiger partial charge in [0.25, 0.3) is 0 Å². The summed E-state index contributed by atoms with van der Waals surface area (Å²) in [5, 5.41) is 0. The molecular formula is C17H14N2. The summed E-state index contributed by atoms with van der Waals surface area (Å²) in [7, 11) is 0. The van der Waals surface area contributed by atoms with Crippen molar-refractivity contribution in [3.8, 4) is 11.3 Å². The first-order chi connectivity index (χ1) is 9.43. The van der Waals surface area contributed by atoms with Crippen LogP contribution in [-0.2, 0) is 6.42 Å². The van der Waals surface area contributed by atoms with Crippen molar-refractivity contribution in [1.29, 1.82) is 0 Å². The monoisotopic (exact) mass is 246 g/mol. The smallest absolute Gasteiger partial charge is 0.116 e. The predicted molar refractivity (Wildman–Crippen MR) is 76.7 cm³/mol. The third-order valence-electron chi connectivity index (χ3n) is 3.11. The Morgan fingerprint density at radius 1 is 0.789 bits per heavy atom. The zero-order chi connectivity index (χ0) is 12.9. The molecule has 0 unspecified atom stereocenters. The van der Waals surface area contributed by atoms with E-state index in [9.17, 15) is 0 Å². The second-order valence-electron chi connectivity index (χ2n) is 4.41. The summed E-state index contributed by atoms with van der Waals surface area (Å²) in [6, 6.07) is 20.8. The van der Waals surface area contributed by atoms with E-state index in [1.54, 1.807) is 12.5 Å². The van der Waals surface area contributed by atoms with Gasteiger partial charge in [-0.25, -0.2) is 9.97 Å². The van der Waals surface area contributed by atoms with E-state index >= 15 is 0 Å². The number of hydrogen-bond acceptors (Lipinski definition) is 2. The molecule has 0 amide bonds. The summed E-state index contributed by atoms with van der Waals surface area (Å²) in [6.07, 6.45) is 4.29. The van der Waals surface area contributed by atoms with Crippen LogP contribution in [0.2, 0.25) is 0 Å². The molecule has 19 heavy (non-hydrogen) atoms. The van der Waals surface area contributed by atoms with Gasteiger partial charge in [0.2, 0.25) is 0 Å². The number of aromatic nitrogens is 2. The molecule has 0 spiro atoms. The molecule has 1 aromatic heterocycles. The molecule has 0 radical (unpaired) electrons. The van der Waals surface area contributed by atoms with Gasteiger partial charge in [0.05, 0.1) is 5.69 Å². The molecule has 2 aromatic carbocycles. The highest BCUT2D eigenvalue weighted by molar-refractivity contribution is 5.63. The minimum absolute atomic E-state index is 0.918. The first-order valence-electron chi connectivity index (χ1n) is 6.32. The standard InChI is InChI=1S/C17H14N2/c1-2-6-14(7-3-1)12-15-8-4-5-9-16(15)17-10-11-18-13-19-17/h1-11,13H,12H2. The van der Waals surface area contributed by atoms with E-state index in [0.717, 1.165) is 12.1 Å². The summed E-state index contributed by atoms with van der Waals surface area (Å²) in [5.74, 6) is 0. The Kier molecular flexibility index (Phi) is 3.32. The van der Waals surface area contributed by atoms with Crippen molar-refractivity contribution in [3.63, 3.8) is 0 Å². The molecule has 3 rings (SSSR count). The molecular weight excluding hydrogens is 232 g/mol. The van der Waals surface area contributed by atoms with E-state index in [1.165, 1.54) is 16.7 Å². The van der Waals surface area contributed by atoms with Crippen LogP contribution in [0, 0.1) is 0 Å². The van der Waals surface area contributed by atoms with Crippen LogP contribution < -0.4 is 0 Å². The molecule has 0 N–H and O–H groups in total. The van der Waals surface area contributed by atoms with Crippen molar-refractivity contribution >= 4 is 0 Å². The summed E-state index contributed by atoms with van der Waals surface area (Å²) in [4.78, 5) is 8.31. The Hall–Kier alpha value is -2.48. The Labute approximate surface area is 112 Å². The Balaban J connectivity index is 1.99. The minimum Gasteiger partial charge on any atom is -0.245 e. The van der Waals surface area contributed by atoms with Crippen LogP contribution in [-0.4, -0.2) is 9.97 Å². The fourth-order valence-corrected chi connectivity index (χ4v) is 2.19. The predicted octanol–water partition coefficient (Wildman–Crippen LogP) is 3.73. The maximum Gasteiger partial charge on any atom is 0.116 e. The lowest BCUT2D eigenvalue weighted by Crippen LogP contribution is -1.93. The van der Waals surface area contributed by atoms with Gasteiger partial charge in [0.15, 0.2) is 0 Å². The second kappa shape index (κ2) is 5.44. The van der Waals surface area contributed by atoms with E-state index in [2.05, 4.69) is 52.4 Å². The molecule has 3 aromatic rings. The molecule has 92 valence electrons. The molecule has 0 saturated carbocycles. The average molecular weight is 246 g/mol. The molecule has 0 aliphatic heterocycles. The zero-order valence-corrected chi connectivity index (χ0v) is 10.5. The number of hydrogen-bond donors (Lipinski definition) is 0. The van der Waals surface area contributed by atoms with Gasteiger partial charge in [-0.3, -0.25) is 0 Å². The molecule has 0 saturated heterocycles. The lowest BCUT2D eigenvalue weighted by molar-refractivity contribution is 1.15. The van der Waals surface area contributed by atoms with E-state index in [-0.39, 0.29) is 0 Å². The van der Waals surface area contributed by atoms with Crippen molar-refractivity contribution < 1.29 is 0 Å². The number of nitrogens with zero attached hydrogens (tertiary/aromatic N) is 2. The van der Waals surface area contributed by atoms with Crippen LogP contribution in [0.3, 0.4) is 0 Å². The Morgan fingerprint density at radius 3 is 2.37 bits per heavy atom. The fraction of sp³-hybridized carbons (Fsp3) is 0.0588. The van der Waals surface area contributed by atoms with Crippen LogP contribution >= 0.6 is 0 Å². The average Bonchev–Trinajstić information content (AvgIpc) is 2.50. The minimum atomic E-state index is 0.918. The summed E-state index contributed by atoms with van der Waals surface area (Å²) in [5.41, 5.74) is 4.74. The van der Waals surface area contributed by atoms with Gasteiger partial charge in [-0.05, 0) is 23.6 Å². The molecule has 0 aliphatic carbocycles. The van der Waals surface area contributed by atoms with Gasteiger partial charge in [0.1, 0.15) is 6.33 Å². The summed E-state index contributed by atoms with van der Waals surface area (Å²) >= 11 is 0. The first kappa shape index (κ1) is 11.6. The van der Waals surface area contributed by atoms with Crippen LogP contribution in [0.4, 0.5) is 0 Å². The molecule has 0 fully saturated rings. The normalized spacial score (nSPS) is 10.3. The van der Waals surface area contributed by atoms with E-state index in [1.807, 2.05) is 18.2 Å². The van der Waals surface area contributed by atoms with E-state index < -0.39 is 0 Å². The van der Waals surface area contributed by atoms with Gasteiger partial charge in [-0.2, -0.15) is 0 Å². The molecule has 0 aliphatic rings. The van der Waals surface area contributed by atoms with Gasteiger partial charge in [-0.1, -0.05) is 54.6 Å². The topological polar surface area (TPSA) is 25.8 Å². The lowest BCUT2D eigenvalue weighted by Gasteiger charge is -2.08.